The molecule has 0 spiro atoms. The lowest BCUT2D eigenvalue weighted by Gasteiger charge is -2.15. The summed E-state index contributed by atoms with van der Waals surface area (Å²) >= 11 is 12.1. The van der Waals surface area contributed by atoms with E-state index >= 15 is 0 Å². The van der Waals surface area contributed by atoms with Crippen LogP contribution in [-0.4, -0.2) is 0 Å². The van der Waals surface area contributed by atoms with Crippen LogP contribution in [-0.2, 0) is 6.42 Å². The maximum Gasteiger partial charge on any atom is 0.0950 e. The van der Waals surface area contributed by atoms with Crippen LogP contribution in [0, 0.1) is 0 Å². The second kappa shape index (κ2) is 5.56. The molecule has 0 aliphatic heterocycles. The number of nitrogens with one attached hydrogen (secondary N) is 1. The lowest BCUT2D eigenvalue weighted by molar-refractivity contribution is 0.525. The molecule has 1 aromatic carbocycles. The fourth-order valence-corrected chi connectivity index (χ4v) is 2.07. The molecule has 0 amide bonds. The number of hydrazine groups is 1. The topological polar surface area (TPSA) is 51.2 Å². The fraction of sp³-hybridized carbons (Fsp3) is 0.167. The van der Waals surface area contributed by atoms with E-state index in [-0.39, 0.29) is 6.04 Å². The summed E-state index contributed by atoms with van der Waals surface area (Å²) in [5, 5.41) is 1.12. The van der Waals surface area contributed by atoms with Gasteiger partial charge in [-0.05, 0) is 24.1 Å². The Kier molecular flexibility index (Phi) is 4.07. The Bertz CT molecular complexity index is 485. The molecule has 3 N–H and O–H groups in total. The first-order valence-electron chi connectivity index (χ1n) is 5.13. The van der Waals surface area contributed by atoms with Crippen LogP contribution in [0.15, 0.2) is 41.2 Å². The number of rotatable bonds is 4. The molecular formula is C12H12Cl2N2O. The van der Waals surface area contributed by atoms with Gasteiger partial charge in [0.1, 0.15) is 0 Å². The quantitative estimate of drug-likeness (QED) is 0.662. The molecule has 0 radical (unpaired) electrons. The van der Waals surface area contributed by atoms with Crippen LogP contribution in [0.25, 0.3) is 0 Å². The molecule has 1 unspecified atom stereocenters. The highest BCUT2D eigenvalue weighted by atomic mass is 35.5. The summed E-state index contributed by atoms with van der Waals surface area (Å²) in [7, 11) is 0. The van der Waals surface area contributed by atoms with Gasteiger partial charge in [0.2, 0.25) is 0 Å². The van der Waals surface area contributed by atoms with Crippen molar-refractivity contribution in [3.05, 3.63) is 58.0 Å². The maximum atomic E-state index is 6.13. The minimum Gasteiger partial charge on any atom is -0.472 e. The Morgan fingerprint density at radius 3 is 2.76 bits per heavy atom. The molecule has 2 rings (SSSR count). The van der Waals surface area contributed by atoms with E-state index in [0.717, 1.165) is 11.1 Å². The second-order valence-corrected chi connectivity index (χ2v) is 4.48. The summed E-state index contributed by atoms with van der Waals surface area (Å²) in [6.45, 7) is 0. The largest absolute Gasteiger partial charge is 0.472 e. The first-order valence-corrected chi connectivity index (χ1v) is 5.89. The molecule has 0 fully saturated rings. The second-order valence-electron chi connectivity index (χ2n) is 3.69. The predicted octanol–water partition coefficient (Wildman–Crippen LogP) is 3.33. The van der Waals surface area contributed by atoms with Crippen molar-refractivity contribution in [2.75, 3.05) is 0 Å². The average molecular weight is 271 g/mol. The summed E-state index contributed by atoms with van der Waals surface area (Å²) in [5.41, 5.74) is 4.66. The lowest BCUT2D eigenvalue weighted by Crippen LogP contribution is -2.29. The molecule has 0 saturated carbocycles. The molecule has 5 heteroatoms. The lowest BCUT2D eigenvalue weighted by atomic mass is 10.0. The highest BCUT2D eigenvalue weighted by molar-refractivity contribution is 6.42. The summed E-state index contributed by atoms with van der Waals surface area (Å²) in [5.74, 6) is 5.53. The van der Waals surface area contributed by atoms with Crippen LogP contribution in [0.2, 0.25) is 10.0 Å². The highest BCUT2D eigenvalue weighted by Crippen LogP contribution is 2.29. The zero-order valence-corrected chi connectivity index (χ0v) is 10.5. The maximum absolute atomic E-state index is 6.13. The molecule has 1 atom stereocenters. The van der Waals surface area contributed by atoms with Gasteiger partial charge >= 0.3 is 0 Å². The van der Waals surface area contributed by atoms with Crippen molar-refractivity contribution in [3.8, 4) is 0 Å². The van der Waals surface area contributed by atoms with Crippen LogP contribution in [0.4, 0.5) is 0 Å². The van der Waals surface area contributed by atoms with Gasteiger partial charge in [-0.2, -0.15) is 0 Å². The van der Waals surface area contributed by atoms with Gasteiger partial charge in [-0.15, -0.1) is 0 Å². The first-order chi connectivity index (χ1) is 8.22. The standard InChI is InChI=1S/C12H12Cl2N2O/c13-10-3-1-2-8(12(10)14)6-11(16-15)9-4-5-17-7-9/h1-5,7,11,16H,6,15H2. The first kappa shape index (κ1) is 12.5. The molecule has 3 nitrogen and oxygen atoms in total. The van der Waals surface area contributed by atoms with Crippen LogP contribution in [0.3, 0.4) is 0 Å². The molecule has 1 aromatic heterocycles. The normalized spacial score (nSPS) is 12.6. The smallest absolute Gasteiger partial charge is 0.0950 e. The molecule has 0 aliphatic rings. The molecule has 1 heterocycles. The third-order valence-corrected chi connectivity index (χ3v) is 3.46. The number of halogens is 2. The third-order valence-electron chi connectivity index (χ3n) is 2.60. The Labute approximate surface area is 109 Å². The summed E-state index contributed by atoms with van der Waals surface area (Å²) in [4.78, 5) is 0. The van der Waals surface area contributed by atoms with Crippen LogP contribution in [0.1, 0.15) is 17.2 Å². The van der Waals surface area contributed by atoms with Gasteiger partial charge in [-0.25, -0.2) is 0 Å². The zero-order valence-electron chi connectivity index (χ0n) is 8.99. The van der Waals surface area contributed by atoms with Gasteiger partial charge < -0.3 is 4.42 Å². The molecule has 0 saturated heterocycles. The van der Waals surface area contributed by atoms with Crippen LogP contribution in [0.5, 0.6) is 0 Å². The van der Waals surface area contributed by atoms with Crippen molar-refractivity contribution in [3.63, 3.8) is 0 Å². The van der Waals surface area contributed by atoms with Gasteiger partial charge in [-0.3, -0.25) is 11.3 Å². The molecular weight excluding hydrogens is 259 g/mol. The monoisotopic (exact) mass is 270 g/mol. The number of furan rings is 1. The van der Waals surface area contributed by atoms with E-state index in [2.05, 4.69) is 5.43 Å². The van der Waals surface area contributed by atoms with Crippen molar-refractivity contribution in [1.29, 1.82) is 0 Å². The van der Waals surface area contributed by atoms with Crippen molar-refractivity contribution in [1.82, 2.24) is 5.43 Å². The van der Waals surface area contributed by atoms with E-state index in [4.69, 9.17) is 33.5 Å². The molecule has 17 heavy (non-hydrogen) atoms. The molecule has 0 aliphatic carbocycles. The van der Waals surface area contributed by atoms with Crippen LogP contribution >= 0.6 is 23.2 Å². The Morgan fingerprint density at radius 1 is 1.29 bits per heavy atom. The number of nitrogens with two attached hydrogens (primary N) is 1. The Balaban J connectivity index is 2.22. The zero-order chi connectivity index (χ0) is 12.3. The van der Waals surface area contributed by atoms with Crippen molar-refractivity contribution >= 4 is 23.2 Å². The third kappa shape index (κ3) is 2.82. The summed E-state index contributed by atoms with van der Waals surface area (Å²) in [6.07, 6.45) is 3.91. The van der Waals surface area contributed by atoms with Gasteiger partial charge in [0.25, 0.3) is 0 Å². The molecule has 0 bridgehead atoms. The number of hydrogen-bond acceptors (Lipinski definition) is 3. The van der Waals surface area contributed by atoms with Crippen molar-refractivity contribution in [2.45, 2.75) is 12.5 Å². The number of hydrogen-bond donors (Lipinski definition) is 2. The SMILES string of the molecule is NNC(Cc1cccc(Cl)c1Cl)c1ccoc1. The van der Waals surface area contributed by atoms with Crippen LogP contribution < -0.4 is 11.3 Å². The van der Waals surface area contributed by atoms with Crippen molar-refractivity contribution in [2.24, 2.45) is 5.84 Å². The van der Waals surface area contributed by atoms with E-state index in [1.165, 1.54) is 0 Å². The fourth-order valence-electron chi connectivity index (χ4n) is 1.67. The van der Waals surface area contributed by atoms with E-state index < -0.39 is 0 Å². The minimum atomic E-state index is -0.0512. The highest BCUT2D eigenvalue weighted by Gasteiger charge is 2.14. The molecule has 90 valence electrons. The van der Waals surface area contributed by atoms with E-state index in [0.29, 0.717) is 16.5 Å². The Hall–Kier alpha value is -1.00. The van der Waals surface area contributed by atoms with E-state index in [1.807, 2.05) is 18.2 Å². The van der Waals surface area contributed by atoms with Gasteiger partial charge in [0.15, 0.2) is 0 Å². The predicted molar refractivity (Wildman–Crippen MR) is 68.9 cm³/mol. The minimum absolute atomic E-state index is 0.0512. The van der Waals surface area contributed by atoms with Gasteiger partial charge in [0.05, 0.1) is 28.6 Å². The summed E-state index contributed by atoms with van der Waals surface area (Å²) in [6, 6.07) is 7.37. The number of benzene rings is 1. The van der Waals surface area contributed by atoms with Crippen molar-refractivity contribution < 1.29 is 4.42 Å². The van der Waals surface area contributed by atoms with Gasteiger partial charge in [-0.1, -0.05) is 35.3 Å². The summed E-state index contributed by atoms with van der Waals surface area (Å²) < 4.78 is 5.03. The van der Waals surface area contributed by atoms with E-state index in [9.17, 15) is 0 Å². The Morgan fingerprint density at radius 2 is 2.12 bits per heavy atom. The molecule has 2 aromatic rings. The average Bonchev–Trinajstić information content (AvgIpc) is 2.85. The van der Waals surface area contributed by atoms with E-state index in [1.54, 1.807) is 18.6 Å². The van der Waals surface area contributed by atoms with Gasteiger partial charge in [0, 0.05) is 5.56 Å².